The van der Waals surface area contributed by atoms with E-state index in [-0.39, 0.29) is 0 Å². The minimum Gasteiger partial charge on any atom is -0.319 e. The van der Waals surface area contributed by atoms with E-state index in [1.165, 1.54) is 56.9 Å². The highest BCUT2D eigenvalue weighted by molar-refractivity contribution is 5.13. The first-order chi connectivity index (χ1) is 10.6. The average molecular weight is 303 g/mol. The molecule has 22 heavy (non-hydrogen) atoms. The molecule has 0 amide bonds. The lowest BCUT2D eigenvalue weighted by Gasteiger charge is -2.37. The van der Waals surface area contributed by atoms with Gasteiger partial charge in [-0.1, -0.05) is 82.4 Å². The van der Waals surface area contributed by atoms with Crippen LogP contribution in [0.25, 0.3) is 0 Å². The van der Waals surface area contributed by atoms with Gasteiger partial charge in [-0.3, -0.25) is 0 Å². The van der Waals surface area contributed by atoms with Gasteiger partial charge in [0.1, 0.15) is 12.6 Å². The number of likely N-dealkylation sites (N-methyl/N-ethyl adjacent to an activating group) is 1. The Labute approximate surface area is 138 Å². The Bertz CT molecular complexity index is 394. The standard InChI is InChI=1S/C21H36N/c1-5-7-8-9-10-11-15-18-21(6-2)22(3,4)19-20-16-13-12-14-17-20/h6,12-14,16-17,21H,2,5,7-11,15,18-19H2,1,3-4H3/q+1. The molecule has 124 valence electrons. The molecule has 0 saturated heterocycles. The molecule has 0 aromatic heterocycles. The van der Waals surface area contributed by atoms with Gasteiger partial charge in [-0.05, 0) is 12.5 Å². The highest BCUT2D eigenvalue weighted by Gasteiger charge is 2.25. The van der Waals surface area contributed by atoms with E-state index < -0.39 is 0 Å². The van der Waals surface area contributed by atoms with Crippen LogP contribution in [-0.4, -0.2) is 24.6 Å². The molecule has 1 aromatic carbocycles. The van der Waals surface area contributed by atoms with Crippen LogP contribution < -0.4 is 0 Å². The number of unbranched alkanes of at least 4 members (excludes halogenated alkanes) is 6. The Hall–Kier alpha value is -1.08. The van der Waals surface area contributed by atoms with Crippen molar-refractivity contribution in [2.75, 3.05) is 14.1 Å². The van der Waals surface area contributed by atoms with Gasteiger partial charge in [0.2, 0.25) is 0 Å². The largest absolute Gasteiger partial charge is 0.319 e. The summed E-state index contributed by atoms with van der Waals surface area (Å²) >= 11 is 0. The second-order valence-electron chi connectivity index (χ2n) is 7.14. The smallest absolute Gasteiger partial charge is 0.107 e. The summed E-state index contributed by atoms with van der Waals surface area (Å²) in [7, 11) is 4.67. The lowest BCUT2D eigenvalue weighted by molar-refractivity contribution is -0.921. The SMILES string of the molecule is C=CC(CCCCCCCCC)[N+](C)(C)Cc1ccccc1. The van der Waals surface area contributed by atoms with Crippen LogP contribution in [-0.2, 0) is 6.54 Å². The van der Waals surface area contributed by atoms with E-state index in [2.05, 4.69) is 64.0 Å². The average Bonchev–Trinajstić information content (AvgIpc) is 2.50. The fourth-order valence-corrected chi connectivity index (χ4v) is 3.23. The zero-order valence-corrected chi connectivity index (χ0v) is 15.1. The van der Waals surface area contributed by atoms with E-state index in [1.807, 2.05) is 0 Å². The summed E-state index contributed by atoms with van der Waals surface area (Å²) in [5.74, 6) is 0. The number of hydrogen-bond acceptors (Lipinski definition) is 0. The number of nitrogens with zero attached hydrogens (tertiary/aromatic N) is 1. The molecule has 0 radical (unpaired) electrons. The van der Waals surface area contributed by atoms with Gasteiger partial charge in [-0.2, -0.15) is 0 Å². The zero-order valence-electron chi connectivity index (χ0n) is 15.1. The third-order valence-corrected chi connectivity index (χ3v) is 4.71. The second kappa shape index (κ2) is 10.6. The lowest BCUT2D eigenvalue weighted by Crippen LogP contribution is -2.47. The predicted molar refractivity (Wildman–Crippen MR) is 98.8 cm³/mol. The molecule has 1 rings (SSSR count). The summed E-state index contributed by atoms with van der Waals surface area (Å²) < 4.78 is 1.00. The topological polar surface area (TPSA) is 0 Å². The molecule has 0 spiro atoms. The maximum atomic E-state index is 4.09. The Morgan fingerprint density at radius 1 is 0.955 bits per heavy atom. The zero-order chi connectivity index (χ0) is 16.3. The number of quaternary nitrogens is 1. The van der Waals surface area contributed by atoms with Gasteiger partial charge in [0.15, 0.2) is 0 Å². The van der Waals surface area contributed by atoms with E-state index in [0.29, 0.717) is 6.04 Å². The van der Waals surface area contributed by atoms with Crippen LogP contribution in [0.15, 0.2) is 43.0 Å². The van der Waals surface area contributed by atoms with Crippen LogP contribution >= 0.6 is 0 Å². The fourth-order valence-electron chi connectivity index (χ4n) is 3.23. The predicted octanol–water partition coefficient (Wildman–Crippen LogP) is 5.96. The molecule has 1 nitrogen and oxygen atoms in total. The molecule has 1 heteroatoms. The molecule has 0 heterocycles. The number of hydrogen-bond donors (Lipinski definition) is 0. The van der Waals surface area contributed by atoms with Crippen LogP contribution in [0.3, 0.4) is 0 Å². The summed E-state index contributed by atoms with van der Waals surface area (Å²) in [6.45, 7) is 7.45. The molecule has 0 N–H and O–H groups in total. The molecule has 0 saturated carbocycles. The first-order valence-electron chi connectivity index (χ1n) is 9.09. The first-order valence-corrected chi connectivity index (χ1v) is 9.09. The van der Waals surface area contributed by atoms with Crippen molar-refractivity contribution in [2.24, 2.45) is 0 Å². The molecule has 1 atom stereocenters. The number of benzene rings is 1. The van der Waals surface area contributed by atoms with Crippen LogP contribution in [0.1, 0.15) is 63.9 Å². The molecule has 0 aliphatic carbocycles. The lowest BCUT2D eigenvalue weighted by atomic mass is 10.0. The van der Waals surface area contributed by atoms with Crippen molar-refractivity contribution in [3.63, 3.8) is 0 Å². The molecular formula is C21H36N+. The van der Waals surface area contributed by atoms with Crippen molar-refractivity contribution in [3.05, 3.63) is 48.6 Å². The van der Waals surface area contributed by atoms with Crippen LogP contribution in [0, 0.1) is 0 Å². The molecular weight excluding hydrogens is 266 g/mol. The van der Waals surface area contributed by atoms with Gasteiger partial charge < -0.3 is 4.48 Å². The molecule has 0 bridgehead atoms. The number of rotatable bonds is 12. The van der Waals surface area contributed by atoms with Crippen molar-refractivity contribution in [1.82, 2.24) is 0 Å². The van der Waals surface area contributed by atoms with E-state index in [0.717, 1.165) is 11.0 Å². The minimum atomic E-state index is 0.552. The molecule has 0 fully saturated rings. The summed E-state index contributed by atoms with van der Waals surface area (Å²) in [6.07, 6.45) is 13.1. The minimum absolute atomic E-state index is 0.552. The summed E-state index contributed by atoms with van der Waals surface area (Å²) in [5, 5.41) is 0. The van der Waals surface area contributed by atoms with Gasteiger partial charge in [0, 0.05) is 12.0 Å². The van der Waals surface area contributed by atoms with Gasteiger partial charge in [-0.15, -0.1) is 0 Å². The molecule has 1 unspecified atom stereocenters. The Morgan fingerprint density at radius 2 is 1.55 bits per heavy atom. The molecule has 1 aromatic rings. The Balaban J connectivity index is 2.34. The van der Waals surface area contributed by atoms with Gasteiger partial charge in [-0.25, -0.2) is 0 Å². The van der Waals surface area contributed by atoms with Crippen molar-refractivity contribution >= 4 is 0 Å². The van der Waals surface area contributed by atoms with Crippen LogP contribution in [0.2, 0.25) is 0 Å². The maximum Gasteiger partial charge on any atom is 0.107 e. The van der Waals surface area contributed by atoms with Crippen molar-refractivity contribution in [1.29, 1.82) is 0 Å². The van der Waals surface area contributed by atoms with E-state index in [9.17, 15) is 0 Å². The summed E-state index contributed by atoms with van der Waals surface area (Å²) in [6, 6.07) is 11.4. The Kier molecular flexibility index (Phi) is 9.15. The van der Waals surface area contributed by atoms with Gasteiger partial charge in [0.05, 0.1) is 14.1 Å². The Morgan fingerprint density at radius 3 is 2.14 bits per heavy atom. The summed E-state index contributed by atoms with van der Waals surface area (Å²) in [5.41, 5.74) is 1.42. The third kappa shape index (κ3) is 7.26. The quantitative estimate of drug-likeness (QED) is 0.254. The van der Waals surface area contributed by atoms with E-state index >= 15 is 0 Å². The van der Waals surface area contributed by atoms with Gasteiger partial charge >= 0.3 is 0 Å². The van der Waals surface area contributed by atoms with Crippen LogP contribution in [0.5, 0.6) is 0 Å². The maximum absolute atomic E-state index is 4.09. The summed E-state index contributed by atoms with van der Waals surface area (Å²) in [4.78, 5) is 0. The highest BCUT2D eigenvalue weighted by atomic mass is 15.3. The van der Waals surface area contributed by atoms with E-state index in [1.54, 1.807) is 0 Å². The van der Waals surface area contributed by atoms with Crippen molar-refractivity contribution in [2.45, 2.75) is 70.9 Å². The van der Waals surface area contributed by atoms with Crippen LogP contribution in [0.4, 0.5) is 0 Å². The van der Waals surface area contributed by atoms with Gasteiger partial charge in [0.25, 0.3) is 0 Å². The monoisotopic (exact) mass is 302 g/mol. The third-order valence-electron chi connectivity index (χ3n) is 4.71. The highest BCUT2D eigenvalue weighted by Crippen LogP contribution is 2.20. The fraction of sp³-hybridized carbons (Fsp3) is 0.619. The molecule has 0 aliphatic heterocycles. The second-order valence-corrected chi connectivity index (χ2v) is 7.14. The van der Waals surface area contributed by atoms with Crippen molar-refractivity contribution < 1.29 is 4.48 Å². The normalized spacial score (nSPS) is 13.0. The van der Waals surface area contributed by atoms with E-state index in [4.69, 9.17) is 0 Å². The molecule has 0 aliphatic rings. The first kappa shape index (κ1) is 19.0. The van der Waals surface area contributed by atoms with Crippen molar-refractivity contribution in [3.8, 4) is 0 Å².